The maximum Gasteiger partial charge on any atom is 0.330 e. The monoisotopic (exact) mass is 262 g/mol. The van der Waals surface area contributed by atoms with E-state index in [1.165, 1.54) is 18.9 Å². The third-order valence-corrected chi connectivity index (χ3v) is 2.84. The second-order valence-electron chi connectivity index (χ2n) is 4.41. The average molecular weight is 262 g/mol. The van der Waals surface area contributed by atoms with Crippen molar-refractivity contribution >= 4 is 5.97 Å². The van der Waals surface area contributed by atoms with Gasteiger partial charge < -0.3 is 4.74 Å². The van der Waals surface area contributed by atoms with Crippen LogP contribution in [-0.2, 0) is 9.53 Å². The second kappa shape index (κ2) is 12.9. The Morgan fingerprint density at radius 2 is 1.68 bits per heavy atom. The lowest BCUT2D eigenvalue weighted by Crippen LogP contribution is -2.12. The highest BCUT2D eigenvalue weighted by molar-refractivity contribution is 5.81. The molecule has 1 atom stereocenters. The Bertz CT molecular complexity index is 293. The molecule has 2 nitrogen and oxygen atoms in total. The van der Waals surface area contributed by atoms with E-state index in [1.807, 2.05) is 36.4 Å². The number of ether oxygens (including phenoxy) is 1. The molecule has 0 amide bonds. The Morgan fingerprint density at radius 3 is 2.05 bits per heavy atom. The quantitative estimate of drug-likeness (QED) is 0.529. The predicted octanol–water partition coefficient (Wildman–Crippen LogP) is 4.62. The van der Waals surface area contributed by atoms with E-state index in [1.54, 1.807) is 0 Å². The van der Waals surface area contributed by atoms with E-state index in [2.05, 4.69) is 20.4 Å². The highest BCUT2D eigenvalue weighted by Crippen LogP contribution is 2.12. The second-order valence-corrected chi connectivity index (χ2v) is 4.41. The minimum Gasteiger partial charge on any atom is -0.462 e. The van der Waals surface area contributed by atoms with Crippen LogP contribution in [0, 0.1) is 5.92 Å². The standard InChI is InChI=1S/C11H20O2.C6H6/c1-4-7-8-10(5-2)9-13-11(12)6-3;1-2-4-6-5-3-1/h6,10H,3-5,7-9H2,1-2H3;1-6H. The molecule has 0 saturated carbocycles. The summed E-state index contributed by atoms with van der Waals surface area (Å²) in [6.07, 6.45) is 5.85. The summed E-state index contributed by atoms with van der Waals surface area (Å²) in [6, 6.07) is 12.0. The van der Waals surface area contributed by atoms with Crippen LogP contribution in [0.25, 0.3) is 0 Å². The van der Waals surface area contributed by atoms with Crippen molar-refractivity contribution in [2.45, 2.75) is 39.5 Å². The summed E-state index contributed by atoms with van der Waals surface area (Å²) >= 11 is 0. The van der Waals surface area contributed by atoms with E-state index in [0.29, 0.717) is 12.5 Å². The van der Waals surface area contributed by atoms with Gasteiger partial charge in [0.1, 0.15) is 0 Å². The molecule has 1 aromatic rings. The molecule has 19 heavy (non-hydrogen) atoms. The van der Waals surface area contributed by atoms with Crippen molar-refractivity contribution in [3.8, 4) is 0 Å². The molecule has 0 aliphatic carbocycles. The fourth-order valence-corrected chi connectivity index (χ4v) is 1.54. The van der Waals surface area contributed by atoms with Crippen molar-refractivity contribution in [3.05, 3.63) is 49.1 Å². The van der Waals surface area contributed by atoms with Crippen LogP contribution in [-0.4, -0.2) is 12.6 Å². The molecular weight excluding hydrogens is 236 g/mol. The highest BCUT2D eigenvalue weighted by atomic mass is 16.5. The SMILES string of the molecule is C=CC(=O)OCC(CC)CCCC.c1ccccc1. The van der Waals surface area contributed by atoms with Gasteiger partial charge in [0.05, 0.1) is 6.61 Å². The molecule has 0 saturated heterocycles. The van der Waals surface area contributed by atoms with Gasteiger partial charge in [-0.2, -0.15) is 0 Å². The molecule has 2 heteroatoms. The molecule has 0 bridgehead atoms. The topological polar surface area (TPSA) is 26.3 Å². The third-order valence-electron chi connectivity index (χ3n) is 2.84. The maximum atomic E-state index is 10.8. The van der Waals surface area contributed by atoms with Gasteiger partial charge in [-0.1, -0.05) is 76.1 Å². The number of hydrogen-bond acceptors (Lipinski definition) is 2. The molecule has 0 aromatic heterocycles. The summed E-state index contributed by atoms with van der Waals surface area (Å²) in [5.41, 5.74) is 0. The van der Waals surface area contributed by atoms with Gasteiger partial charge in [0.2, 0.25) is 0 Å². The Kier molecular flexibility index (Phi) is 11.8. The van der Waals surface area contributed by atoms with Gasteiger partial charge in [-0.15, -0.1) is 0 Å². The zero-order chi connectivity index (χ0) is 14.3. The number of carbonyl (C=O) groups excluding carboxylic acids is 1. The van der Waals surface area contributed by atoms with Crippen molar-refractivity contribution in [3.63, 3.8) is 0 Å². The first kappa shape index (κ1) is 17.4. The van der Waals surface area contributed by atoms with Gasteiger partial charge >= 0.3 is 5.97 Å². The van der Waals surface area contributed by atoms with Crippen LogP contribution in [0.2, 0.25) is 0 Å². The zero-order valence-corrected chi connectivity index (χ0v) is 12.2. The molecule has 0 heterocycles. The minimum atomic E-state index is -0.310. The van der Waals surface area contributed by atoms with E-state index in [4.69, 9.17) is 4.74 Å². The highest BCUT2D eigenvalue weighted by Gasteiger charge is 2.07. The molecule has 0 N–H and O–H groups in total. The van der Waals surface area contributed by atoms with E-state index in [-0.39, 0.29) is 5.97 Å². The molecule has 1 rings (SSSR count). The largest absolute Gasteiger partial charge is 0.462 e. The predicted molar refractivity (Wildman–Crippen MR) is 80.9 cm³/mol. The summed E-state index contributed by atoms with van der Waals surface area (Å²) < 4.78 is 4.98. The summed E-state index contributed by atoms with van der Waals surface area (Å²) in [5.74, 6) is 0.207. The normalized spacial score (nSPS) is 10.8. The molecule has 0 radical (unpaired) electrons. The molecule has 1 unspecified atom stereocenters. The number of carbonyl (C=O) groups is 1. The van der Waals surface area contributed by atoms with Gasteiger partial charge in [-0.05, 0) is 12.3 Å². The van der Waals surface area contributed by atoms with E-state index >= 15 is 0 Å². The van der Waals surface area contributed by atoms with Crippen LogP contribution in [0.15, 0.2) is 49.1 Å². The van der Waals surface area contributed by atoms with Crippen molar-refractivity contribution in [2.24, 2.45) is 5.92 Å². The van der Waals surface area contributed by atoms with Crippen LogP contribution in [0.4, 0.5) is 0 Å². The van der Waals surface area contributed by atoms with E-state index < -0.39 is 0 Å². The summed E-state index contributed by atoms with van der Waals surface area (Å²) in [5, 5.41) is 0. The Morgan fingerprint density at radius 1 is 1.16 bits per heavy atom. The van der Waals surface area contributed by atoms with E-state index in [0.717, 1.165) is 12.8 Å². The molecule has 0 fully saturated rings. The van der Waals surface area contributed by atoms with Crippen molar-refractivity contribution in [2.75, 3.05) is 6.61 Å². The average Bonchev–Trinajstić information content (AvgIpc) is 2.49. The molecule has 0 aliphatic rings. The van der Waals surface area contributed by atoms with Gasteiger partial charge in [0.25, 0.3) is 0 Å². The number of benzene rings is 1. The summed E-state index contributed by atoms with van der Waals surface area (Å²) in [7, 11) is 0. The Labute approximate surface area is 117 Å². The first-order valence-electron chi connectivity index (χ1n) is 7.03. The van der Waals surface area contributed by atoms with Gasteiger partial charge in [-0.3, -0.25) is 0 Å². The molecule has 0 aliphatic heterocycles. The van der Waals surface area contributed by atoms with Crippen LogP contribution in [0.5, 0.6) is 0 Å². The van der Waals surface area contributed by atoms with Crippen LogP contribution < -0.4 is 0 Å². The lowest BCUT2D eigenvalue weighted by atomic mass is 10.0. The number of esters is 1. The smallest absolute Gasteiger partial charge is 0.330 e. The van der Waals surface area contributed by atoms with Crippen molar-refractivity contribution < 1.29 is 9.53 Å². The van der Waals surface area contributed by atoms with Gasteiger partial charge in [0, 0.05) is 6.08 Å². The third kappa shape index (κ3) is 11.3. The number of unbranched alkanes of at least 4 members (excludes halogenated alkanes) is 1. The fourth-order valence-electron chi connectivity index (χ4n) is 1.54. The molecule has 106 valence electrons. The molecule has 1 aromatic carbocycles. The van der Waals surface area contributed by atoms with E-state index in [9.17, 15) is 4.79 Å². The van der Waals surface area contributed by atoms with Crippen molar-refractivity contribution in [1.82, 2.24) is 0 Å². The van der Waals surface area contributed by atoms with Gasteiger partial charge in [-0.25, -0.2) is 4.79 Å². The zero-order valence-electron chi connectivity index (χ0n) is 12.2. The van der Waals surface area contributed by atoms with Gasteiger partial charge in [0.15, 0.2) is 0 Å². The number of hydrogen-bond donors (Lipinski definition) is 0. The molecular formula is C17H26O2. The Hall–Kier alpha value is -1.57. The molecule has 0 spiro atoms. The minimum absolute atomic E-state index is 0.310. The summed E-state index contributed by atoms with van der Waals surface area (Å²) in [6.45, 7) is 8.19. The fraction of sp³-hybridized carbons (Fsp3) is 0.471. The maximum absolute atomic E-state index is 10.8. The van der Waals surface area contributed by atoms with Crippen LogP contribution in [0.3, 0.4) is 0 Å². The number of rotatable bonds is 7. The first-order chi connectivity index (χ1) is 9.24. The van der Waals surface area contributed by atoms with Crippen LogP contribution in [0.1, 0.15) is 39.5 Å². The van der Waals surface area contributed by atoms with Crippen molar-refractivity contribution in [1.29, 1.82) is 0 Å². The lowest BCUT2D eigenvalue weighted by Gasteiger charge is -2.13. The lowest BCUT2D eigenvalue weighted by molar-refractivity contribution is -0.139. The Balaban J connectivity index is 0.000000443. The first-order valence-corrected chi connectivity index (χ1v) is 7.03. The van der Waals surface area contributed by atoms with Crippen LogP contribution >= 0.6 is 0 Å². The summed E-state index contributed by atoms with van der Waals surface area (Å²) in [4.78, 5) is 10.8.